The van der Waals surface area contributed by atoms with E-state index >= 15 is 0 Å². The standard InChI is InChI=1S/C17H22N2O2/c1-11(2)19-10-13(9-16(19)20)17(21)18-15-8-7-12-5-3-4-6-14(12)15/h3-6,11,13,15H,7-10H2,1-2H3,(H,18,21)/t13-,15-/m1/s1. The fourth-order valence-electron chi connectivity index (χ4n) is 3.40. The van der Waals surface area contributed by atoms with Crippen molar-refractivity contribution in [1.82, 2.24) is 10.2 Å². The van der Waals surface area contributed by atoms with Gasteiger partial charge in [0.1, 0.15) is 0 Å². The van der Waals surface area contributed by atoms with E-state index in [1.54, 1.807) is 4.90 Å². The van der Waals surface area contributed by atoms with Crippen molar-refractivity contribution in [1.29, 1.82) is 0 Å². The van der Waals surface area contributed by atoms with Crippen LogP contribution in [0.2, 0.25) is 0 Å². The maximum atomic E-state index is 12.4. The fraction of sp³-hybridized carbons (Fsp3) is 0.529. The molecule has 0 bridgehead atoms. The molecule has 2 aliphatic rings. The van der Waals surface area contributed by atoms with E-state index in [0.29, 0.717) is 13.0 Å². The molecular formula is C17H22N2O2. The second-order valence-corrected chi connectivity index (χ2v) is 6.34. The van der Waals surface area contributed by atoms with E-state index in [4.69, 9.17) is 0 Å². The quantitative estimate of drug-likeness (QED) is 0.924. The van der Waals surface area contributed by atoms with Crippen LogP contribution in [0, 0.1) is 5.92 Å². The van der Waals surface area contributed by atoms with E-state index in [1.165, 1.54) is 11.1 Å². The molecule has 1 aliphatic heterocycles. The van der Waals surface area contributed by atoms with Crippen molar-refractivity contribution in [2.24, 2.45) is 5.92 Å². The highest BCUT2D eigenvalue weighted by atomic mass is 16.2. The van der Waals surface area contributed by atoms with Gasteiger partial charge in [0.05, 0.1) is 12.0 Å². The molecule has 2 amide bonds. The summed E-state index contributed by atoms with van der Waals surface area (Å²) in [7, 11) is 0. The number of nitrogens with zero attached hydrogens (tertiary/aromatic N) is 1. The van der Waals surface area contributed by atoms with Crippen molar-refractivity contribution in [3.63, 3.8) is 0 Å². The van der Waals surface area contributed by atoms with E-state index in [1.807, 2.05) is 26.0 Å². The highest BCUT2D eigenvalue weighted by molar-refractivity contribution is 5.89. The zero-order chi connectivity index (χ0) is 15.0. The molecule has 0 saturated carbocycles. The van der Waals surface area contributed by atoms with Crippen LogP contribution in [0.15, 0.2) is 24.3 Å². The van der Waals surface area contributed by atoms with Gasteiger partial charge in [-0.3, -0.25) is 9.59 Å². The van der Waals surface area contributed by atoms with Gasteiger partial charge in [-0.2, -0.15) is 0 Å². The number of benzene rings is 1. The van der Waals surface area contributed by atoms with Crippen molar-refractivity contribution in [3.05, 3.63) is 35.4 Å². The minimum atomic E-state index is -0.201. The van der Waals surface area contributed by atoms with Crippen LogP contribution in [0.1, 0.15) is 43.9 Å². The number of carbonyl (C=O) groups is 2. The number of likely N-dealkylation sites (tertiary alicyclic amines) is 1. The van der Waals surface area contributed by atoms with Gasteiger partial charge in [0, 0.05) is 19.0 Å². The summed E-state index contributed by atoms with van der Waals surface area (Å²) in [6, 6.07) is 8.55. The molecule has 3 rings (SSSR count). The van der Waals surface area contributed by atoms with Crippen molar-refractivity contribution >= 4 is 11.8 Å². The van der Waals surface area contributed by atoms with Gasteiger partial charge in [0.15, 0.2) is 0 Å². The van der Waals surface area contributed by atoms with Crippen LogP contribution < -0.4 is 5.32 Å². The first-order valence-corrected chi connectivity index (χ1v) is 7.74. The van der Waals surface area contributed by atoms with Gasteiger partial charge < -0.3 is 10.2 Å². The fourth-order valence-corrected chi connectivity index (χ4v) is 3.40. The molecule has 112 valence electrons. The lowest BCUT2D eigenvalue weighted by molar-refractivity contribution is -0.130. The van der Waals surface area contributed by atoms with Crippen molar-refractivity contribution in [2.45, 2.75) is 45.2 Å². The Kier molecular flexibility index (Phi) is 3.70. The first kappa shape index (κ1) is 14.1. The molecular weight excluding hydrogens is 264 g/mol. The molecule has 0 unspecified atom stereocenters. The van der Waals surface area contributed by atoms with Crippen molar-refractivity contribution < 1.29 is 9.59 Å². The molecule has 1 aromatic carbocycles. The maximum Gasteiger partial charge on any atom is 0.225 e. The number of hydrogen-bond donors (Lipinski definition) is 1. The van der Waals surface area contributed by atoms with Crippen LogP contribution >= 0.6 is 0 Å². The Morgan fingerprint density at radius 2 is 2.10 bits per heavy atom. The minimum absolute atomic E-state index is 0.0215. The summed E-state index contributed by atoms with van der Waals surface area (Å²) in [6.07, 6.45) is 2.32. The average molecular weight is 286 g/mol. The Labute approximate surface area is 125 Å². The Hall–Kier alpha value is -1.84. The summed E-state index contributed by atoms with van der Waals surface area (Å²) in [5.41, 5.74) is 2.56. The van der Waals surface area contributed by atoms with Gasteiger partial charge in [0.25, 0.3) is 0 Å². The predicted molar refractivity (Wildman–Crippen MR) is 80.6 cm³/mol. The van der Waals surface area contributed by atoms with Crippen LogP contribution in [0.3, 0.4) is 0 Å². The van der Waals surface area contributed by atoms with E-state index in [2.05, 4.69) is 17.4 Å². The maximum absolute atomic E-state index is 12.4. The normalized spacial score (nSPS) is 24.5. The van der Waals surface area contributed by atoms with E-state index in [9.17, 15) is 9.59 Å². The number of amides is 2. The summed E-state index contributed by atoms with van der Waals surface area (Å²) in [5.74, 6) is -0.0853. The van der Waals surface area contributed by atoms with Gasteiger partial charge >= 0.3 is 0 Å². The summed E-state index contributed by atoms with van der Waals surface area (Å²) in [4.78, 5) is 26.1. The molecule has 1 aliphatic carbocycles. The van der Waals surface area contributed by atoms with Crippen LogP contribution in [-0.2, 0) is 16.0 Å². The van der Waals surface area contributed by atoms with E-state index < -0.39 is 0 Å². The Balaban J connectivity index is 1.65. The first-order chi connectivity index (χ1) is 10.1. The van der Waals surface area contributed by atoms with Gasteiger partial charge in [-0.05, 0) is 37.8 Å². The molecule has 4 heteroatoms. The van der Waals surface area contributed by atoms with Crippen molar-refractivity contribution in [3.8, 4) is 0 Å². The number of hydrogen-bond acceptors (Lipinski definition) is 2. The second-order valence-electron chi connectivity index (χ2n) is 6.34. The lowest BCUT2D eigenvalue weighted by atomic mass is 10.1. The van der Waals surface area contributed by atoms with Gasteiger partial charge in [-0.1, -0.05) is 24.3 Å². The van der Waals surface area contributed by atoms with Gasteiger partial charge in [0.2, 0.25) is 11.8 Å². The number of carbonyl (C=O) groups excluding carboxylic acids is 2. The van der Waals surface area contributed by atoms with Gasteiger partial charge in [-0.15, -0.1) is 0 Å². The summed E-state index contributed by atoms with van der Waals surface area (Å²) < 4.78 is 0. The molecule has 1 N–H and O–H groups in total. The van der Waals surface area contributed by atoms with E-state index in [-0.39, 0.29) is 29.8 Å². The van der Waals surface area contributed by atoms with Crippen LogP contribution in [0.25, 0.3) is 0 Å². The lowest BCUT2D eigenvalue weighted by Gasteiger charge is -2.21. The van der Waals surface area contributed by atoms with Crippen LogP contribution in [0.5, 0.6) is 0 Å². The highest BCUT2D eigenvalue weighted by Gasteiger charge is 2.36. The largest absolute Gasteiger partial charge is 0.349 e. The topological polar surface area (TPSA) is 49.4 Å². The molecule has 0 radical (unpaired) electrons. The lowest BCUT2D eigenvalue weighted by Crippen LogP contribution is -2.36. The molecule has 2 atom stereocenters. The predicted octanol–water partition coefficient (Wildman–Crippen LogP) is 2.05. The van der Waals surface area contributed by atoms with Gasteiger partial charge in [-0.25, -0.2) is 0 Å². The van der Waals surface area contributed by atoms with E-state index in [0.717, 1.165) is 12.8 Å². The number of nitrogens with one attached hydrogen (secondary N) is 1. The molecule has 21 heavy (non-hydrogen) atoms. The monoisotopic (exact) mass is 286 g/mol. The number of rotatable bonds is 3. The summed E-state index contributed by atoms with van der Waals surface area (Å²) >= 11 is 0. The highest BCUT2D eigenvalue weighted by Crippen LogP contribution is 2.31. The van der Waals surface area contributed by atoms with Crippen LogP contribution in [-0.4, -0.2) is 29.3 Å². The third-order valence-electron chi connectivity index (χ3n) is 4.60. The zero-order valence-electron chi connectivity index (χ0n) is 12.6. The average Bonchev–Trinajstić information content (AvgIpc) is 3.03. The molecule has 1 aromatic rings. The molecule has 0 spiro atoms. The SMILES string of the molecule is CC(C)N1C[C@H](C(=O)N[C@@H]2CCc3ccccc32)CC1=O. The summed E-state index contributed by atoms with van der Waals surface area (Å²) in [5, 5.41) is 3.14. The molecule has 4 nitrogen and oxygen atoms in total. The summed E-state index contributed by atoms with van der Waals surface area (Å²) in [6.45, 7) is 4.54. The van der Waals surface area contributed by atoms with Crippen LogP contribution in [0.4, 0.5) is 0 Å². The molecule has 0 aromatic heterocycles. The Bertz CT molecular complexity index is 568. The molecule has 1 fully saturated rings. The molecule has 1 saturated heterocycles. The zero-order valence-corrected chi connectivity index (χ0v) is 12.6. The van der Waals surface area contributed by atoms with Crippen molar-refractivity contribution in [2.75, 3.05) is 6.54 Å². The third kappa shape index (κ3) is 2.67. The number of aryl methyl sites for hydroxylation is 1. The Morgan fingerprint density at radius 1 is 1.33 bits per heavy atom. The number of fused-ring (bicyclic) bond motifs is 1. The Morgan fingerprint density at radius 3 is 2.81 bits per heavy atom. The smallest absolute Gasteiger partial charge is 0.225 e. The third-order valence-corrected chi connectivity index (χ3v) is 4.60. The second kappa shape index (κ2) is 5.51. The first-order valence-electron chi connectivity index (χ1n) is 7.74. The minimum Gasteiger partial charge on any atom is -0.349 e. The molecule has 1 heterocycles.